The van der Waals surface area contributed by atoms with Crippen molar-refractivity contribution in [2.45, 2.75) is 46.1 Å². The maximum atomic E-state index is 12.6. The summed E-state index contributed by atoms with van der Waals surface area (Å²) in [5.41, 5.74) is 3.94. The number of ether oxygens (including phenoxy) is 1. The first-order valence-electron chi connectivity index (χ1n) is 12.5. The highest BCUT2D eigenvalue weighted by Crippen LogP contribution is 2.35. The number of fused-ring (bicyclic) bond motifs is 3. The second kappa shape index (κ2) is 9.95. The summed E-state index contributed by atoms with van der Waals surface area (Å²) < 4.78 is 5.89. The van der Waals surface area contributed by atoms with Gasteiger partial charge < -0.3 is 4.74 Å². The van der Waals surface area contributed by atoms with E-state index in [0.717, 1.165) is 46.0 Å². The van der Waals surface area contributed by atoms with E-state index in [2.05, 4.69) is 37.9 Å². The Balaban J connectivity index is 1.36. The standard InChI is InChI=1S/C30H31N3O2/c1-19(2)24-14-9-20(3)18-27(24)35-28(34)16-13-23-7-4-8-25(32-23)26-15-12-22-11-10-21-6-5-17-31-29(21)30(22)33-26/h4-8,10-13,15-17,19-20,24,27H,9,14,18H2,1-3H3/b16-13+/t20-,24+,27-/m1/s1. The average molecular weight is 466 g/mol. The van der Waals surface area contributed by atoms with Gasteiger partial charge in [-0.1, -0.05) is 57.5 Å². The first-order valence-corrected chi connectivity index (χ1v) is 12.5. The molecule has 0 unspecified atom stereocenters. The number of rotatable bonds is 5. The summed E-state index contributed by atoms with van der Waals surface area (Å²) in [7, 11) is 0. The van der Waals surface area contributed by atoms with Crippen LogP contribution < -0.4 is 0 Å². The van der Waals surface area contributed by atoms with Crippen molar-refractivity contribution in [1.29, 1.82) is 0 Å². The summed E-state index contributed by atoms with van der Waals surface area (Å²) in [4.78, 5) is 26.8. The third kappa shape index (κ3) is 5.09. The molecule has 1 aliphatic rings. The van der Waals surface area contributed by atoms with Gasteiger partial charge in [0.25, 0.3) is 0 Å². The van der Waals surface area contributed by atoms with Crippen LogP contribution in [0.15, 0.2) is 66.9 Å². The van der Waals surface area contributed by atoms with E-state index >= 15 is 0 Å². The molecule has 0 aliphatic heterocycles. The van der Waals surface area contributed by atoms with Gasteiger partial charge in [0.1, 0.15) is 6.10 Å². The van der Waals surface area contributed by atoms with Crippen molar-refractivity contribution in [2.75, 3.05) is 0 Å². The van der Waals surface area contributed by atoms with Crippen molar-refractivity contribution >= 4 is 33.9 Å². The normalized spacial score (nSPS) is 20.6. The minimum atomic E-state index is -0.302. The fraction of sp³-hybridized carbons (Fsp3) is 0.333. The summed E-state index contributed by atoms with van der Waals surface area (Å²) >= 11 is 0. The Labute approximate surface area is 206 Å². The monoisotopic (exact) mass is 465 g/mol. The highest BCUT2D eigenvalue weighted by molar-refractivity contribution is 6.03. The van der Waals surface area contributed by atoms with Crippen LogP contribution in [0.4, 0.5) is 0 Å². The molecule has 5 heteroatoms. The number of hydrogen-bond acceptors (Lipinski definition) is 5. The molecule has 0 N–H and O–H groups in total. The first kappa shape index (κ1) is 23.2. The van der Waals surface area contributed by atoms with Gasteiger partial charge in [-0.05, 0) is 60.9 Å². The lowest BCUT2D eigenvalue weighted by atomic mass is 9.75. The van der Waals surface area contributed by atoms with Crippen LogP contribution in [0.2, 0.25) is 0 Å². The largest absolute Gasteiger partial charge is 0.459 e. The molecule has 5 nitrogen and oxygen atoms in total. The van der Waals surface area contributed by atoms with E-state index in [4.69, 9.17) is 14.7 Å². The smallest absolute Gasteiger partial charge is 0.331 e. The number of carbonyl (C=O) groups excluding carboxylic acids is 1. The molecular weight excluding hydrogens is 434 g/mol. The van der Waals surface area contributed by atoms with E-state index < -0.39 is 0 Å². The van der Waals surface area contributed by atoms with Crippen LogP contribution in [-0.4, -0.2) is 27.0 Å². The predicted molar refractivity (Wildman–Crippen MR) is 141 cm³/mol. The highest BCUT2D eigenvalue weighted by Gasteiger charge is 2.32. The summed E-state index contributed by atoms with van der Waals surface area (Å²) in [6.45, 7) is 6.67. The van der Waals surface area contributed by atoms with Crippen LogP contribution in [0.25, 0.3) is 39.3 Å². The number of esters is 1. The molecule has 1 aromatic carbocycles. The van der Waals surface area contributed by atoms with Gasteiger partial charge in [0, 0.05) is 23.0 Å². The van der Waals surface area contributed by atoms with Crippen molar-refractivity contribution in [3.8, 4) is 11.4 Å². The summed E-state index contributed by atoms with van der Waals surface area (Å²) in [6.07, 6.45) is 8.25. The van der Waals surface area contributed by atoms with E-state index in [9.17, 15) is 4.79 Å². The van der Waals surface area contributed by atoms with Crippen LogP contribution >= 0.6 is 0 Å². The zero-order chi connectivity index (χ0) is 24.4. The zero-order valence-electron chi connectivity index (χ0n) is 20.5. The molecule has 35 heavy (non-hydrogen) atoms. The molecule has 5 rings (SSSR count). The van der Waals surface area contributed by atoms with Crippen molar-refractivity contribution in [3.63, 3.8) is 0 Å². The molecule has 0 spiro atoms. The summed E-state index contributed by atoms with van der Waals surface area (Å²) in [6, 6.07) is 17.8. The van der Waals surface area contributed by atoms with Gasteiger partial charge in [-0.2, -0.15) is 0 Å². The molecule has 0 amide bonds. The lowest BCUT2D eigenvalue weighted by molar-refractivity contribution is -0.149. The third-order valence-corrected chi connectivity index (χ3v) is 7.08. The Morgan fingerprint density at radius 1 is 0.943 bits per heavy atom. The predicted octanol–water partition coefficient (Wildman–Crippen LogP) is 6.86. The van der Waals surface area contributed by atoms with Crippen molar-refractivity contribution in [1.82, 2.24) is 15.0 Å². The maximum Gasteiger partial charge on any atom is 0.331 e. The number of aromatic nitrogens is 3. The van der Waals surface area contributed by atoms with Gasteiger partial charge in [-0.25, -0.2) is 14.8 Å². The fourth-order valence-corrected chi connectivity index (χ4v) is 5.15. The molecule has 3 aromatic heterocycles. The van der Waals surface area contributed by atoms with Crippen LogP contribution in [0.3, 0.4) is 0 Å². The highest BCUT2D eigenvalue weighted by atomic mass is 16.5. The Morgan fingerprint density at radius 2 is 1.71 bits per heavy atom. The average Bonchev–Trinajstić information content (AvgIpc) is 2.87. The maximum absolute atomic E-state index is 12.6. The topological polar surface area (TPSA) is 65.0 Å². The van der Waals surface area contributed by atoms with Gasteiger partial charge in [-0.15, -0.1) is 0 Å². The molecule has 1 fully saturated rings. The van der Waals surface area contributed by atoms with Gasteiger partial charge in [0.2, 0.25) is 0 Å². The number of benzene rings is 1. The molecule has 1 saturated carbocycles. The molecular formula is C30H31N3O2. The van der Waals surface area contributed by atoms with E-state index in [-0.39, 0.29) is 12.1 Å². The number of hydrogen-bond donors (Lipinski definition) is 0. The minimum absolute atomic E-state index is 0.0135. The molecule has 0 radical (unpaired) electrons. The lowest BCUT2D eigenvalue weighted by Gasteiger charge is -2.36. The fourth-order valence-electron chi connectivity index (χ4n) is 5.15. The van der Waals surface area contributed by atoms with Crippen LogP contribution in [0, 0.1) is 17.8 Å². The molecule has 178 valence electrons. The van der Waals surface area contributed by atoms with Crippen LogP contribution in [-0.2, 0) is 9.53 Å². The second-order valence-corrected chi connectivity index (χ2v) is 9.99. The third-order valence-electron chi connectivity index (χ3n) is 7.08. The molecule has 0 bridgehead atoms. The van der Waals surface area contributed by atoms with E-state index in [1.807, 2.05) is 42.5 Å². The van der Waals surface area contributed by atoms with Gasteiger partial charge in [0.05, 0.1) is 28.1 Å². The SMILES string of the molecule is CC(C)[C@@H]1CC[C@@H](C)C[C@H]1OC(=O)/C=C/c1cccc(-c2ccc3ccc4cccnc4c3n2)n1. The van der Waals surface area contributed by atoms with Crippen LogP contribution in [0.1, 0.15) is 45.7 Å². The minimum Gasteiger partial charge on any atom is -0.459 e. The van der Waals surface area contributed by atoms with Crippen molar-refractivity contribution in [3.05, 3.63) is 72.6 Å². The Morgan fingerprint density at radius 3 is 2.54 bits per heavy atom. The molecule has 0 saturated heterocycles. The van der Waals surface area contributed by atoms with Gasteiger partial charge in [0.15, 0.2) is 0 Å². The Bertz CT molecular complexity index is 1400. The molecule has 1 aliphatic carbocycles. The van der Waals surface area contributed by atoms with Crippen molar-refractivity contribution < 1.29 is 9.53 Å². The summed E-state index contributed by atoms with van der Waals surface area (Å²) in [5.74, 6) is 1.22. The Hall–Kier alpha value is -3.60. The molecule has 3 heterocycles. The first-order chi connectivity index (χ1) is 17.0. The zero-order valence-corrected chi connectivity index (χ0v) is 20.5. The van der Waals surface area contributed by atoms with Gasteiger partial charge in [-0.3, -0.25) is 4.98 Å². The lowest BCUT2D eigenvalue weighted by Crippen LogP contribution is -2.35. The van der Waals surface area contributed by atoms with Gasteiger partial charge >= 0.3 is 5.97 Å². The van der Waals surface area contributed by atoms with Crippen LogP contribution in [0.5, 0.6) is 0 Å². The van der Waals surface area contributed by atoms with E-state index in [1.165, 1.54) is 12.5 Å². The quantitative estimate of drug-likeness (QED) is 0.183. The number of nitrogens with zero attached hydrogens (tertiary/aromatic N) is 3. The van der Waals surface area contributed by atoms with E-state index in [0.29, 0.717) is 23.4 Å². The molecule has 3 atom stereocenters. The van der Waals surface area contributed by atoms with Crippen molar-refractivity contribution in [2.24, 2.45) is 17.8 Å². The van der Waals surface area contributed by atoms with E-state index in [1.54, 1.807) is 12.3 Å². The second-order valence-electron chi connectivity index (χ2n) is 9.99. The number of pyridine rings is 3. The Kier molecular flexibility index (Phi) is 6.58. The summed E-state index contributed by atoms with van der Waals surface area (Å²) in [5, 5.41) is 2.09. The molecule has 4 aromatic rings. The number of carbonyl (C=O) groups is 1.